The summed E-state index contributed by atoms with van der Waals surface area (Å²) in [5.41, 5.74) is 0.299. The molecular weight excluding hydrogens is 298 g/mol. The number of anilines is 1. The number of hydrogen-bond donors (Lipinski definition) is 3. The van der Waals surface area contributed by atoms with Gasteiger partial charge in [0.2, 0.25) is 11.9 Å². The van der Waals surface area contributed by atoms with E-state index in [4.69, 9.17) is 16.3 Å². The highest BCUT2D eigenvalue weighted by molar-refractivity contribution is 6.33. The van der Waals surface area contributed by atoms with E-state index in [1.807, 2.05) is 0 Å². The average Bonchev–Trinajstić information content (AvgIpc) is 2.93. The van der Waals surface area contributed by atoms with E-state index in [1.54, 1.807) is 24.3 Å². The van der Waals surface area contributed by atoms with Crippen molar-refractivity contribution in [2.45, 2.75) is 0 Å². The zero-order valence-electron chi connectivity index (χ0n) is 11.0. The molecule has 110 valence electrons. The molecule has 0 bridgehead atoms. The first kappa shape index (κ1) is 14.8. The number of benzene rings is 1. The summed E-state index contributed by atoms with van der Waals surface area (Å²) in [6.07, 6.45) is 0. The van der Waals surface area contributed by atoms with Gasteiger partial charge in [0.15, 0.2) is 0 Å². The van der Waals surface area contributed by atoms with Crippen molar-refractivity contribution in [2.24, 2.45) is 0 Å². The van der Waals surface area contributed by atoms with Gasteiger partial charge in [0.05, 0.1) is 24.2 Å². The molecule has 0 spiro atoms. The van der Waals surface area contributed by atoms with Gasteiger partial charge in [0.1, 0.15) is 0 Å². The van der Waals surface area contributed by atoms with E-state index in [-0.39, 0.29) is 18.5 Å². The number of H-pyrrole nitrogens is 1. The SMILES string of the molecule is COc1n[nH]c(NC(=O)CNC(=O)c2ccccc2Cl)n1. The lowest BCUT2D eigenvalue weighted by Crippen LogP contribution is -2.33. The van der Waals surface area contributed by atoms with Crippen LogP contribution in [-0.2, 0) is 4.79 Å². The Morgan fingerprint density at radius 3 is 2.81 bits per heavy atom. The maximum absolute atomic E-state index is 11.8. The van der Waals surface area contributed by atoms with Gasteiger partial charge in [-0.15, -0.1) is 5.10 Å². The van der Waals surface area contributed by atoms with E-state index in [9.17, 15) is 9.59 Å². The van der Waals surface area contributed by atoms with Crippen molar-refractivity contribution < 1.29 is 14.3 Å². The van der Waals surface area contributed by atoms with Crippen molar-refractivity contribution in [3.05, 3.63) is 34.9 Å². The Morgan fingerprint density at radius 1 is 1.38 bits per heavy atom. The largest absolute Gasteiger partial charge is 0.466 e. The van der Waals surface area contributed by atoms with Crippen molar-refractivity contribution in [3.8, 4) is 6.01 Å². The highest BCUT2D eigenvalue weighted by Crippen LogP contribution is 2.14. The van der Waals surface area contributed by atoms with Crippen LogP contribution in [0.2, 0.25) is 5.02 Å². The zero-order chi connectivity index (χ0) is 15.2. The van der Waals surface area contributed by atoms with Crippen LogP contribution < -0.4 is 15.4 Å². The Hall–Kier alpha value is -2.61. The third kappa shape index (κ3) is 3.93. The molecule has 0 saturated heterocycles. The molecule has 0 aliphatic rings. The van der Waals surface area contributed by atoms with Crippen LogP contribution in [-0.4, -0.2) is 40.7 Å². The molecule has 0 atom stereocenters. The van der Waals surface area contributed by atoms with Crippen LogP contribution in [0.3, 0.4) is 0 Å². The van der Waals surface area contributed by atoms with Crippen LogP contribution in [0.15, 0.2) is 24.3 Å². The number of aromatic nitrogens is 3. The fourth-order valence-electron chi connectivity index (χ4n) is 1.47. The molecule has 21 heavy (non-hydrogen) atoms. The number of amides is 2. The van der Waals surface area contributed by atoms with Gasteiger partial charge in [-0.2, -0.15) is 4.98 Å². The van der Waals surface area contributed by atoms with Crippen molar-refractivity contribution >= 4 is 29.4 Å². The number of nitrogens with one attached hydrogen (secondary N) is 3. The molecule has 0 aliphatic carbocycles. The molecule has 0 aliphatic heterocycles. The number of carbonyl (C=O) groups excluding carboxylic acids is 2. The minimum Gasteiger partial charge on any atom is -0.466 e. The second-order valence-electron chi connectivity index (χ2n) is 3.88. The third-order valence-corrected chi connectivity index (χ3v) is 2.76. The fraction of sp³-hybridized carbons (Fsp3) is 0.167. The first-order valence-corrected chi connectivity index (χ1v) is 6.27. The number of nitrogens with zero attached hydrogens (tertiary/aromatic N) is 2. The Labute approximate surface area is 124 Å². The second kappa shape index (κ2) is 6.71. The van der Waals surface area contributed by atoms with Crippen molar-refractivity contribution in [1.29, 1.82) is 0 Å². The average molecular weight is 310 g/mol. The standard InChI is InChI=1S/C12H12ClN5O3/c1-21-12-16-11(17-18-12)15-9(19)6-14-10(20)7-4-2-3-5-8(7)13/h2-5H,6H2,1H3,(H,14,20)(H2,15,16,17,18,19). The summed E-state index contributed by atoms with van der Waals surface area (Å²) in [4.78, 5) is 27.3. The quantitative estimate of drug-likeness (QED) is 0.758. The highest BCUT2D eigenvalue weighted by Gasteiger charge is 2.12. The summed E-state index contributed by atoms with van der Waals surface area (Å²) in [6, 6.07) is 6.66. The van der Waals surface area contributed by atoms with Gasteiger partial charge in [-0.25, -0.2) is 5.10 Å². The molecule has 2 aromatic rings. The van der Waals surface area contributed by atoms with Crippen molar-refractivity contribution in [3.63, 3.8) is 0 Å². The number of methoxy groups -OCH3 is 1. The monoisotopic (exact) mass is 309 g/mol. The minimum absolute atomic E-state index is 0.102. The van der Waals surface area contributed by atoms with E-state index in [2.05, 4.69) is 25.8 Å². The topological polar surface area (TPSA) is 109 Å². The molecule has 1 aromatic heterocycles. The zero-order valence-corrected chi connectivity index (χ0v) is 11.8. The molecule has 0 fully saturated rings. The molecule has 0 unspecified atom stereocenters. The van der Waals surface area contributed by atoms with Gasteiger partial charge in [0.25, 0.3) is 5.91 Å². The molecule has 1 aromatic carbocycles. The second-order valence-corrected chi connectivity index (χ2v) is 4.29. The molecule has 8 nitrogen and oxygen atoms in total. The summed E-state index contributed by atoms with van der Waals surface area (Å²) >= 11 is 5.88. The van der Waals surface area contributed by atoms with Crippen molar-refractivity contribution in [1.82, 2.24) is 20.5 Å². The third-order valence-electron chi connectivity index (χ3n) is 2.43. The van der Waals surface area contributed by atoms with E-state index in [0.29, 0.717) is 10.6 Å². The van der Waals surface area contributed by atoms with Gasteiger partial charge in [-0.1, -0.05) is 23.7 Å². The number of hydrogen-bond acceptors (Lipinski definition) is 5. The number of carbonyl (C=O) groups is 2. The predicted octanol–water partition coefficient (Wildman–Crippen LogP) is 0.835. The van der Waals surface area contributed by atoms with E-state index in [1.165, 1.54) is 7.11 Å². The Kier molecular flexibility index (Phi) is 4.72. The molecule has 0 radical (unpaired) electrons. The van der Waals surface area contributed by atoms with Crippen LogP contribution in [0.25, 0.3) is 0 Å². The minimum atomic E-state index is -0.464. The van der Waals surface area contributed by atoms with E-state index in [0.717, 1.165) is 0 Å². The van der Waals surface area contributed by atoms with E-state index < -0.39 is 11.8 Å². The Balaban J connectivity index is 1.86. The van der Waals surface area contributed by atoms with Gasteiger partial charge in [0, 0.05) is 0 Å². The first-order valence-electron chi connectivity index (χ1n) is 5.89. The molecule has 0 saturated carbocycles. The van der Waals surface area contributed by atoms with Gasteiger partial charge in [-0.05, 0) is 12.1 Å². The maximum atomic E-state index is 11.8. The molecular formula is C12H12ClN5O3. The Morgan fingerprint density at radius 2 is 2.14 bits per heavy atom. The fourth-order valence-corrected chi connectivity index (χ4v) is 1.69. The molecule has 2 rings (SSSR count). The summed E-state index contributed by atoms with van der Waals surface area (Å²) in [5.74, 6) is -0.774. The van der Waals surface area contributed by atoms with Crippen LogP contribution >= 0.6 is 11.6 Å². The first-order chi connectivity index (χ1) is 10.1. The van der Waals surface area contributed by atoms with Crippen LogP contribution in [0.4, 0.5) is 5.95 Å². The van der Waals surface area contributed by atoms with Gasteiger partial charge >= 0.3 is 6.01 Å². The highest BCUT2D eigenvalue weighted by atomic mass is 35.5. The molecule has 9 heteroatoms. The summed E-state index contributed by atoms with van der Waals surface area (Å²) in [6.45, 7) is -0.229. The number of aromatic amines is 1. The normalized spacial score (nSPS) is 10.0. The molecule has 2 amide bonds. The van der Waals surface area contributed by atoms with Gasteiger partial charge < -0.3 is 10.1 Å². The maximum Gasteiger partial charge on any atom is 0.336 e. The Bertz CT molecular complexity index is 658. The summed E-state index contributed by atoms with van der Waals surface area (Å²) in [7, 11) is 1.40. The number of rotatable bonds is 5. The van der Waals surface area contributed by atoms with Crippen LogP contribution in [0.5, 0.6) is 6.01 Å². The number of ether oxygens (including phenoxy) is 1. The summed E-state index contributed by atoms with van der Waals surface area (Å²) in [5, 5.41) is 11.3. The smallest absolute Gasteiger partial charge is 0.336 e. The van der Waals surface area contributed by atoms with Crippen molar-refractivity contribution in [2.75, 3.05) is 19.0 Å². The van der Waals surface area contributed by atoms with E-state index >= 15 is 0 Å². The lowest BCUT2D eigenvalue weighted by molar-refractivity contribution is -0.115. The van der Waals surface area contributed by atoms with Crippen LogP contribution in [0, 0.1) is 0 Å². The van der Waals surface area contributed by atoms with Crippen LogP contribution in [0.1, 0.15) is 10.4 Å². The lowest BCUT2D eigenvalue weighted by atomic mass is 10.2. The summed E-state index contributed by atoms with van der Waals surface area (Å²) < 4.78 is 4.76. The number of halogens is 1. The predicted molar refractivity (Wildman–Crippen MR) is 75.3 cm³/mol. The van der Waals surface area contributed by atoms with Gasteiger partial charge in [-0.3, -0.25) is 14.9 Å². The lowest BCUT2D eigenvalue weighted by Gasteiger charge is -2.06. The molecule has 1 heterocycles. The molecule has 3 N–H and O–H groups in total.